The highest BCUT2D eigenvalue weighted by Gasteiger charge is 2.06. The van der Waals surface area contributed by atoms with E-state index in [2.05, 4.69) is 12.2 Å². The summed E-state index contributed by atoms with van der Waals surface area (Å²) in [6.45, 7) is 5.53. The van der Waals surface area contributed by atoms with E-state index in [1.54, 1.807) is 19.4 Å². The molecule has 0 aliphatic heterocycles. The summed E-state index contributed by atoms with van der Waals surface area (Å²) in [5.74, 6) is 0. The van der Waals surface area contributed by atoms with Gasteiger partial charge in [-0.15, -0.1) is 0 Å². The van der Waals surface area contributed by atoms with E-state index in [4.69, 9.17) is 0 Å². The number of hydrogen-bond acceptors (Lipinski definition) is 3. The first-order valence-electron chi connectivity index (χ1n) is 5.55. The fourth-order valence-corrected chi connectivity index (χ4v) is 1.48. The molecule has 5 heteroatoms. The molecule has 0 amide bonds. The van der Waals surface area contributed by atoms with Crippen molar-refractivity contribution in [3.63, 3.8) is 0 Å². The second-order valence-electron chi connectivity index (χ2n) is 4.03. The summed E-state index contributed by atoms with van der Waals surface area (Å²) >= 11 is 0. The third-order valence-corrected chi connectivity index (χ3v) is 2.45. The Morgan fingerprint density at radius 1 is 1.31 bits per heavy atom. The van der Waals surface area contributed by atoms with Gasteiger partial charge < -0.3 is 14.5 Å². The number of aryl methyl sites for hydroxylation is 1. The molecule has 0 bridgehead atoms. The summed E-state index contributed by atoms with van der Waals surface area (Å²) in [6, 6.07) is 0.185. The Balaban J connectivity index is 2.79. The van der Waals surface area contributed by atoms with Crippen LogP contribution in [0.5, 0.6) is 0 Å². The molecule has 0 spiro atoms. The van der Waals surface area contributed by atoms with E-state index in [0.717, 1.165) is 13.0 Å². The molecular formula is C11H19N3O2. The van der Waals surface area contributed by atoms with Crippen molar-refractivity contribution in [2.24, 2.45) is 7.05 Å². The van der Waals surface area contributed by atoms with Crippen molar-refractivity contribution >= 4 is 0 Å². The predicted octanol–water partition coefficient (Wildman–Crippen LogP) is -0.0649. The molecule has 1 atom stereocenters. The topological polar surface area (TPSA) is 56.0 Å². The second kappa shape index (κ2) is 5.65. The number of rotatable bonds is 5. The monoisotopic (exact) mass is 225 g/mol. The fourth-order valence-electron chi connectivity index (χ4n) is 1.48. The molecule has 0 aliphatic rings. The van der Waals surface area contributed by atoms with E-state index in [9.17, 15) is 9.59 Å². The smallest absolute Gasteiger partial charge is 0.312 e. The quantitative estimate of drug-likeness (QED) is 0.714. The first kappa shape index (κ1) is 12.7. The lowest BCUT2D eigenvalue weighted by Gasteiger charge is -2.14. The first-order valence-corrected chi connectivity index (χ1v) is 5.55. The van der Waals surface area contributed by atoms with Gasteiger partial charge >= 0.3 is 11.1 Å². The van der Waals surface area contributed by atoms with E-state index in [1.165, 1.54) is 9.13 Å². The number of aromatic nitrogens is 2. The van der Waals surface area contributed by atoms with Crippen molar-refractivity contribution in [1.82, 2.24) is 14.5 Å². The Labute approximate surface area is 94.7 Å². The molecule has 1 heterocycles. The Morgan fingerprint density at radius 2 is 2.00 bits per heavy atom. The minimum absolute atomic E-state index is 0.185. The van der Waals surface area contributed by atoms with Crippen molar-refractivity contribution in [2.75, 3.05) is 6.54 Å². The zero-order valence-electron chi connectivity index (χ0n) is 10.1. The van der Waals surface area contributed by atoms with Crippen LogP contribution in [0, 0.1) is 0 Å². The standard InChI is InChI=1S/C11H19N3O2/c1-4-5-12-9(2)8-14-7-6-13(3)10(15)11(14)16/h6-7,9,12H,4-5,8H2,1-3H3. The molecule has 90 valence electrons. The lowest BCUT2D eigenvalue weighted by Crippen LogP contribution is -2.43. The van der Waals surface area contributed by atoms with E-state index in [1.807, 2.05) is 6.92 Å². The molecule has 1 rings (SSSR count). The van der Waals surface area contributed by atoms with Crippen LogP contribution in [0.15, 0.2) is 22.0 Å². The Kier molecular flexibility index (Phi) is 4.49. The van der Waals surface area contributed by atoms with Gasteiger partial charge in [-0.05, 0) is 19.9 Å². The highest BCUT2D eigenvalue weighted by atomic mass is 16.2. The van der Waals surface area contributed by atoms with Gasteiger partial charge in [0, 0.05) is 32.0 Å². The highest BCUT2D eigenvalue weighted by molar-refractivity contribution is 4.85. The zero-order valence-corrected chi connectivity index (χ0v) is 10.1. The number of nitrogens with zero attached hydrogens (tertiary/aromatic N) is 2. The van der Waals surface area contributed by atoms with Crippen LogP contribution in [0.3, 0.4) is 0 Å². The SMILES string of the molecule is CCCNC(C)Cn1ccn(C)c(=O)c1=O. The Bertz CT molecular complexity index is 447. The van der Waals surface area contributed by atoms with Crippen molar-refractivity contribution in [2.45, 2.75) is 32.9 Å². The maximum atomic E-state index is 11.6. The zero-order chi connectivity index (χ0) is 12.1. The Morgan fingerprint density at radius 3 is 2.62 bits per heavy atom. The molecular weight excluding hydrogens is 206 g/mol. The average Bonchev–Trinajstić information content (AvgIpc) is 2.27. The van der Waals surface area contributed by atoms with Gasteiger partial charge in [-0.2, -0.15) is 0 Å². The van der Waals surface area contributed by atoms with E-state index >= 15 is 0 Å². The molecule has 0 saturated heterocycles. The van der Waals surface area contributed by atoms with Crippen LogP contribution in [-0.4, -0.2) is 21.7 Å². The molecule has 16 heavy (non-hydrogen) atoms. The first-order chi connectivity index (χ1) is 7.56. The van der Waals surface area contributed by atoms with Crippen LogP contribution in [0.1, 0.15) is 20.3 Å². The van der Waals surface area contributed by atoms with Gasteiger partial charge in [0.1, 0.15) is 0 Å². The van der Waals surface area contributed by atoms with E-state index < -0.39 is 11.1 Å². The Hall–Kier alpha value is -1.36. The number of nitrogens with one attached hydrogen (secondary N) is 1. The van der Waals surface area contributed by atoms with Crippen LogP contribution in [0.4, 0.5) is 0 Å². The minimum Gasteiger partial charge on any atom is -0.312 e. The van der Waals surface area contributed by atoms with Crippen LogP contribution in [-0.2, 0) is 13.6 Å². The normalized spacial score (nSPS) is 12.7. The van der Waals surface area contributed by atoms with Gasteiger partial charge in [0.15, 0.2) is 0 Å². The van der Waals surface area contributed by atoms with Gasteiger partial charge in [0.25, 0.3) is 0 Å². The summed E-state index contributed by atoms with van der Waals surface area (Å²) in [5.41, 5.74) is -0.944. The summed E-state index contributed by atoms with van der Waals surface area (Å²) in [4.78, 5) is 23.0. The van der Waals surface area contributed by atoms with Crippen molar-refractivity contribution in [3.8, 4) is 0 Å². The molecule has 1 N–H and O–H groups in total. The van der Waals surface area contributed by atoms with Gasteiger partial charge in [0.2, 0.25) is 0 Å². The molecule has 0 saturated carbocycles. The molecule has 0 fully saturated rings. The molecule has 0 aliphatic carbocycles. The molecule has 1 unspecified atom stereocenters. The fraction of sp³-hybridized carbons (Fsp3) is 0.636. The highest BCUT2D eigenvalue weighted by Crippen LogP contribution is 1.87. The summed E-state index contributed by atoms with van der Waals surface area (Å²) < 4.78 is 2.75. The lowest BCUT2D eigenvalue weighted by molar-refractivity contribution is 0.465. The predicted molar refractivity (Wildman–Crippen MR) is 63.7 cm³/mol. The summed E-state index contributed by atoms with van der Waals surface area (Å²) in [6.07, 6.45) is 4.31. The van der Waals surface area contributed by atoms with E-state index in [0.29, 0.717) is 6.54 Å². The van der Waals surface area contributed by atoms with Crippen LogP contribution >= 0.6 is 0 Å². The van der Waals surface area contributed by atoms with E-state index in [-0.39, 0.29) is 6.04 Å². The third-order valence-electron chi connectivity index (χ3n) is 2.45. The largest absolute Gasteiger partial charge is 0.316 e. The van der Waals surface area contributed by atoms with Crippen LogP contribution < -0.4 is 16.4 Å². The summed E-state index contributed by atoms with van der Waals surface area (Å²) in [5, 5.41) is 3.27. The lowest BCUT2D eigenvalue weighted by atomic mass is 10.3. The molecule has 1 aromatic rings. The van der Waals surface area contributed by atoms with Crippen LogP contribution in [0.2, 0.25) is 0 Å². The van der Waals surface area contributed by atoms with Gasteiger partial charge in [-0.3, -0.25) is 9.59 Å². The molecule has 0 radical (unpaired) electrons. The minimum atomic E-state index is -0.481. The van der Waals surface area contributed by atoms with Crippen molar-refractivity contribution in [3.05, 3.63) is 33.1 Å². The van der Waals surface area contributed by atoms with Gasteiger partial charge in [0.05, 0.1) is 0 Å². The number of hydrogen-bond donors (Lipinski definition) is 1. The van der Waals surface area contributed by atoms with Gasteiger partial charge in [-0.1, -0.05) is 6.92 Å². The molecule has 1 aromatic heterocycles. The molecule has 0 aromatic carbocycles. The van der Waals surface area contributed by atoms with Crippen molar-refractivity contribution in [1.29, 1.82) is 0 Å². The summed E-state index contributed by atoms with van der Waals surface area (Å²) in [7, 11) is 1.58. The maximum Gasteiger partial charge on any atom is 0.316 e. The average molecular weight is 225 g/mol. The second-order valence-corrected chi connectivity index (χ2v) is 4.03. The maximum absolute atomic E-state index is 11.6. The van der Waals surface area contributed by atoms with Crippen LogP contribution in [0.25, 0.3) is 0 Å². The van der Waals surface area contributed by atoms with Crippen molar-refractivity contribution < 1.29 is 0 Å². The van der Waals surface area contributed by atoms with Gasteiger partial charge in [-0.25, -0.2) is 0 Å². The molecule has 5 nitrogen and oxygen atoms in total. The third kappa shape index (κ3) is 3.06.